The van der Waals surface area contributed by atoms with E-state index in [4.69, 9.17) is 21.4 Å². The number of rotatable bonds is 7. The van der Waals surface area contributed by atoms with Gasteiger partial charge in [0.25, 0.3) is 0 Å². The Morgan fingerprint density at radius 3 is 2.23 bits per heavy atom. The molecule has 1 heterocycles. The van der Waals surface area contributed by atoms with Gasteiger partial charge in [0.2, 0.25) is 0 Å². The van der Waals surface area contributed by atoms with Crippen LogP contribution in [-0.4, -0.2) is 15.6 Å². The second kappa shape index (κ2) is 10.3. The van der Waals surface area contributed by atoms with Crippen LogP contribution in [0.5, 0.6) is 5.75 Å². The van der Waals surface area contributed by atoms with E-state index >= 15 is 0 Å². The van der Waals surface area contributed by atoms with Gasteiger partial charge in [-0.2, -0.15) is 5.26 Å². The summed E-state index contributed by atoms with van der Waals surface area (Å²) in [5, 5.41) is 19.5. The Morgan fingerprint density at radius 1 is 1.00 bits per heavy atom. The monoisotopic (exact) mass is 482 g/mol. The predicted octanol–water partition coefficient (Wildman–Crippen LogP) is 7.09. The van der Waals surface area contributed by atoms with Crippen LogP contribution in [0.2, 0.25) is 5.02 Å². The zero-order valence-corrected chi connectivity index (χ0v) is 20.1. The molecule has 0 spiro atoms. The molecule has 4 aromatic rings. The largest absolute Gasteiger partial charge is 0.489 e. The molecular formula is C29H23ClN2O3. The Balaban J connectivity index is 1.55. The molecule has 35 heavy (non-hydrogen) atoms. The van der Waals surface area contributed by atoms with Crippen molar-refractivity contribution in [3.63, 3.8) is 0 Å². The van der Waals surface area contributed by atoms with Gasteiger partial charge in [-0.15, -0.1) is 0 Å². The number of nitriles is 1. The highest BCUT2D eigenvalue weighted by Crippen LogP contribution is 2.27. The van der Waals surface area contributed by atoms with Crippen LogP contribution in [0.1, 0.15) is 38.4 Å². The second-order valence-electron chi connectivity index (χ2n) is 8.12. The lowest BCUT2D eigenvalue weighted by molar-refractivity contribution is 0.0697. The normalized spacial score (nSPS) is 11.2. The first kappa shape index (κ1) is 23.9. The Labute approximate surface area is 209 Å². The van der Waals surface area contributed by atoms with Crippen LogP contribution >= 0.6 is 11.6 Å². The third-order valence-electron chi connectivity index (χ3n) is 5.75. The maximum atomic E-state index is 11.1. The lowest BCUT2D eigenvalue weighted by Crippen LogP contribution is -2.00. The van der Waals surface area contributed by atoms with E-state index in [0.29, 0.717) is 22.8 Å². The van der Waals surface area contributed by atoms with Crippen LogP contribution in [0, 0.1) is 25.2 Å². The predicted molar refractivity (Wildman–Crippen MR) is 138 cm³/mol. The van der Waals surface area contributed by atoms with E-state index in [0.717, 1.165) is 34.0 Å². The summed E-state index contributed by atoms with van der Waals surface area (Å²) in [6.07, 6.45) is 1.83. The maximum Gasteiger partial charge on any atom is 0.335 e. The third kappa shape index (κ3) is 5.46. The van der Waals surface area contributed by atoms with E-state index in [9.17, 15) is 10.1 Å². The molecule has 1 aromatic heterocycles. The maximum absolute atomic E-state index is 11.1. The topological polar surface area (TPSA) is 75.3 Å². The first-order valence-corrected chi connectivity index (χ1v) is 11.4. The van der Waals surface area contributed by atoms with Crippen molar-refractivity contribution < 1.29 is 14.6 Å². The van der Waals surface area contributed by atoms with Gasteiger partial charge in [0.15, 0.2) is 0 Å². The summed E-state index contributed by atoms with van der Waals surface area (Å²) in [4.78, 5) is 11.1. The minimum atomic E-state index is -0.996. The lowest BCUT2D eigenvalue weighted by Gasteiger charge is -2.12. The second-order valence-corrected chi connectivity index (χ2v) is 8.56. The fourth-order valence-corrected chi connectivity index (χ4v) is 4.02. The van der Waals surface area contributed by atoms with Crippen molar-refractivity contribution >= 4 is 29.2 Å². The van der Waals surface area contributed by atoms with Crippen LogP contribution in [0.3, 0.4) is 0 Å². The Kier molecular flexibility index (Phi) is 7.05. The highest BCUT2D eigenvalue weighted by molar-refractivity contribution is 6.30. The number of hydrogen-bond donors (Lipinski definition) is 1. The molecule has 0 aliphatic heterocycles. The number of benzene rings is 3. The van der Waals surface area contributed by atoms with E-state index in [1.807, 2.05) is 74.5 Å². The minimum absolute atomic E-state index is 0.185. The number of halogens is 1. The van der Waals surface area contributed by atoms with Gasteiger partial charge in [0.1, 0.15) is 12.4 Å². The van der Waals surface area contributed by atoms with Crippen LogP contribution in [0.15, 0.2) is 78.9 Å². The summed E-state index contributed by atoms with van der Waals surface area (Å²) >= 11 is 5.93. The molecule has 1 N–H and O–H groups in total. The number of nitrogens with zero attached hydrogens (tertiary/aromatic N) is 2. The smallest absolute Gasteiger partial charge is 0.335 e. The van der Waals surface area contributed by atoms with Gasteiger partial charge < -0.3 is 14.4 Å². The summed E-state index contributed by atoms with van der Waals surface area (Å²) < 4.78 is 8.02. The number of carbonyl (C=O) groups is 1. The first-order chi connectivity index (χ1) is 16.9. The van der Waals surface area contributed by atoms with Gasteiger partial charge in [0, 0.05) is 22.1 Å². The molecular weight excluding hydrogens is 460 g/mol. The molecule has 0 saturated carbocycles. The quantitative estimate of drug-likeness (QED) is 0.285. The van der Waals surface area contributed by atoms with E-state index in [1.165, 1.54) is 12.1 Å². The fraction of sp³-hybridized carbons (Fsp3) is 0.103. The number of aromatic carboxylic acids is 1. The van der Waals surface area contributed by atoms with Crippen molar-refractivity contribution in [1.29, 1.82) is 5.26 Å². The number of allylic oxidation sites excluding steroid dienone is 1. The average molecular weight is 483 g/mol. The molecule has 0 saturated heterocycles. The standard InChI is InChI=1S/C29H23ClN2O3/c1-19-15-24(16-25(17-31)22-5-7-23(8-6-22)29(33)34)20(2)32(19)27-11-13-28(14-12-27)35-18-21-3-9-26(30)10-4-21/h3-16H,18H2,1-2H3,(H,33,34)/b25-16-. The third-order valence-corrected chi connectivity index (χ3v) is 6.00. The molecule has 0 fully saturated rings. The van der Waals surface area contributed by atoms with Crippen molar-refractivity contribution in [3.05, 3.63) is 118 Å². The van der Waals surface area contributed by atoms with E-state index in [2.05, 4.69) is 10.6 Å². The average Bonchev–Trinajstić information content (AvgIpc) is 3.15. The molecule has 4 rings (SSSR count). The van der Waals surface area contributed by atoms with Crippen LogP contribution < -0.4 is 4.74 Å². The fourth-order valence-electron chi connectivity index (χ4n) is 3.90. The van der Waals surface area contributed by atoms with E-state index in [1.54, 1.807) is 12.1 Å². The Hall–Kier alpha value is -4.27. The summed E-state index contributed by atoms with van der Waals surface area (Å²) in [5.74, 6) is -0.230. The zero-order valence-electron chi connectivity index (χ0n) is 19.3. The summed E-state index contributed by atoms with van der Waals surface area (Å²) in [7, 11) is 0. The van der Waals surface area contributed by atoms with Gasteiger partial charge in [-0.3, -0.25) is 0 Å². The molecule has 0 atom stereocenters. The van der Waals surface area contributed by atoms with Gasteiger partial charge in [0.05, 0.1) is 17.2 Å². The Morgan fingerprint density at radius 2 is 1.63 bits per heavy atom. The number of aromatic nitrogens is 1. The van der Waals surface area contributed by atoms with Crippen molar-refractivity contribution in [3.8, 4) is 17.5 Å². The molecule has 0 radical (unpaired) electrons. The highest BCUT2D eigenvalue weighted by atomic mass is 35.5. The Bertz CT molecular complexity index is 1430. The molecule has 0 aliphatic carbocycles. The van der Waals surface area contributed by atoms with Gasteiger partial charge in [-0.25, -0.2) is 4.79 Å². The van der Waals surface area contributed by atoms with Crippen molar-refractivity contribution in [2.75, 3.05) is 0 Å². The van der Waals surface area contributed by atoms with Crippen LogP contribution in [0.4, 0.5) is 0 Å². The first-order valence-electron chi connectivity index (χ1n) is 11.0. The van der Waals surface area contributed by atoms with Crippen molar-refractivity contribution in [2.24, 2.45) is 0 Å². The molecule has 0 bridgehead atoms. The van der Waals surface area contributed by atoms with Gasteiger partial charge >= 0.3 is 5.97 Å². The summed E-state index contributed by atoms with van der Waals surface area (Å²) in [6, 6.07) is 26.0. The number of hydrogen-bond acceptors (Lipinski definition) is 3. The highest BCUT2D eigenvalue weighted by Gasteiger charge is 2.12. The van der Waals surface area contributed by atoms with Crippen molar-refractivity contribution in [2.45, 2.75) is 20.5 Å². The van der Waals surface area contributed by atoms with E-state index in [-0.39, 0.29) is 5.56 Å². The lowest BCUT2D eigenvalue weighted by atomic mass is 10.0. The number of carboxylic acids is 1. The molecule has 174 valence electrons. The minimum Gasteiger partial charge on any atom is -0.489 e. The summed E-state index contributed by atoms with van der Waals surface area (Å²) in [5.41, 5.74) is 6.29. The SMILES string of the molecule is Cc1cc(/C=C(/C#N)c2ccc(C(=O)O)cc2)c(C)n1-c1ccc(OCc2ccc(Cl)cc2)cc1. The molecule has 3 aromatic carbocycles. The van der Waals surface area contributed by atoms with E-state index < -0.39 is 5.97 Å². The molecule has 0 amide bonds. The van der Waals surface area contributed by atoms with Crippen LogP contribution in [0.25, 0.3) is 17.3 Å². The number of ether oxygens (including phenoxy) is 1. The van der Waals surface area contributed by atoms with Gasteiger partial charge in [-0.1, -0.05) is 35.9 Å². The van der Waals surface area contributed by atoms with Gasteiger partial charge in [-0.05, 0) is 91.2 Å². The molecule has 0 unspecified atom stereocenters. The van der Waals surface area contributed by atoms with Crippen LogP contribution in [-0.2, 0) is 6.61 Å². The zero-order chi connectivity index (χ0) is 24.9. The molecule has 0 aliphatic rings. The number of aryl methyl sites for hydroxylation is 1. The molecule has 5 nitrogen and oxygen atoms in total. The number of carboxylic acid groups (broad SMARTS) is 1. The van der Waals surface area contributed by atoms with Crippen molar-refractivity contribution in [1.82, 2.24) is 4.57 Å². The summed E-state index contributed by atoms with van der Waals surface area (Å²) in [6.45, 7) is 4.48. The molecule has 6 heteroatoms.